The Morgan fingerprint density at radius 2 is 2.06 bits per heavy atom. The minimum Gasteiger partial charge on any atom is -0.496 e. The third kappa shape index (κ3) is 3.37. The van der Waals surface area contributed by atoms with Gasteiger partial charge in [-0.05, 0) is 25.1 Å². The van der Waals surface area contributed by atoms with Crippen molar-refractivity contribution in [1.82, 2.24) is 9.97 Å². The van der Waals surface area contributed by atoms with Crippen molar-refractivity contribution in [1.29, 1.82) is 0 Å². The molecule has 5 heteroatoms. The van der Waals surface area contributed by atoms with Crippen LogP contribution in [0.3, 0.4) is 0 Å². The van der Waals surface area contributed by atoms with Crippen molar-refractivity contribution in [2.24, 2.45) is 0 Å². The highest BCUT2D eigenvalue weighted by Crippen LogP contribution is 2.30. The van der Waals surface area contributed by atoms with Gasteiger partial charge in [0, 0.05) is 10.6 Å². The lowest BCUT2D eigenvalue weighted by Crippen LogP contribution is -1.95. The fraction of sp³-hybridized carbons (Fsp3) is 0.231. The van der Waals surface area contributed by atoms with Crippen molar-refractivity contribution in [3.05, 3.63) is 47.0 Å². The number of ether oxygens (including phenoxy) is 1. The second kappa shape index (κ2) is 6.07. The highest BCUT2D eigenvalue weighted by Gasteiger charge is 2.05. The maximum absolute atomic E-state index is 5.91. The minimum atomic E-state index is 0.484. The molecule has 1 heterocycles. The number of hydrogen-bond acceptors (Lipinski definition) is 4. The first-order chi connectivity index (χ1) is 8.69. The van der Waals surface area contributed by atoms with Gasteiger partial charge < -0.3 is 4.74 Å². The molecule has 0 bridgehead atoms. The molecular weight excluding hydrogens is 268 g/mol. The monoisotopic (exact) mass is 280 g/mol. The van der Waals surface area contributed by atoms with Crippen LogP contribution >= 0.6 is 23.4 Å². The number of para-hydroxylation sites is 1. The van der Waals surface area contributed by atoms with Gasteiger partial charge in [-0.1, -0.05) is 23.7 Å². The molecule has 0 unspecified atom stereocenters. The topological polar surface area (TPSA) is 35.0 Å². The Balaban J connectivity index is 2.11. The predicted molar refractivity (Wildman–Crippen MR) is 74.3 cm³/mol. The highest BCUT2D eigenvalue weighted by atomic mass is 35.5. The van der Waals surface area contributed by atoms with Gasteiger partial charge in [0.1, 0.15) is 16.7 Å². The summed E-state index contributed by atoms with van der Waals surface area (Å²) in [5.41, 5.74) is 0.880. The van der Waals surface area contributed by atoms with Crippen LogP contribution in [0.5, 0.6) is 5.75 Å². The average Bonchev–Trinajstić information content (AvgIpc) is 2.35. The van der Waals surface area contributed by atoms with Gasteiger partial charge in [-0.2, -0.15) is 0 Å². The van der Waals surface area contributed by atoms with E-state index < -0.39 is 0 Å². The molecular formula is C13H13ClN2OS. The molecule has 0 saturated heterocycles. The van der Waals surface area contributed by atoms with Crippen molar-refractivity contribution in [2.45, 2.75) is 17.6 Å². The van der Waals surface area contributed by atoms with Crippen molar-refractivity contribution in [3.63, 3.8) is 0 Å². The molecule has 18 heavy (non-hydrogen) atoms. The number of benzene rings is 1. The zero-order chi connectivity index (χ0) is 13.0. The first kappa shape index (κ1) is 13.2. The molecule has 2 rings (SSSR count). The Hall–Kier alpha value is -1.26. The van der Waals surface area contributed by atoms with Gasteiger partial charge in [0.25, 0.3) is 0 Å². The van der Waals surface area contributed by atoms with Crippen LogP contribution in [0, 0.1) is 6.92 Å². The van der Waals surface area contributed by atoms with E-state index in [4.69, 9.17) is 16.3 Å². The summed E-state index contributed by atoms with van der Waals surface area (Å²) in [5.74, 6) is 2.26. The van der Waals surface area contributed by atoms with E-state index in [0.29, 0.717) is 10.9 Å². The number of thioether (sulfide) groups is 1. The Morgan fingerprint density at radius 3 is 2.78 bits per heavy atom. The van der Waals surface area contributed by atoms with Gasteiger partial charge >= 0.3 is 0 Å². The van der Waals surface area contributed by atoms with E-state index in [0.717, 1.165) is 22.2 Å². The van der Waals surface area contributed by atoms with Gasteiger partial charge in [-0.25, -0.2) is 9.97 Å². The largest absolute Gasteiger partial charge is 0.496 e. The first-order valence-electron chi connectivity index (χ1n) is 5.45. The van der Waals surface area contributed by atoms with E-state index in [1.165, 1.54) is 0 Å². The molecule has 0 spiro atoms. The quantitative estimate of drug-likeness (QED) is 0.631. The van der Waals surface area contributed by atoms with Gasteiger partial charge in [0.15, 0.2) is 0 Å². The summed E-state index contributed by atoms with van der Waals surface area (Å²) in [4.78, 5) is 9.62. The second-order valence-corrected chi connectivity index (χ2v) is 5.09. The lowest BCUT2D eigenvalue weighted by molar-refractivity contribution is 0.405. The van der Waals surface area contributed by atoms with Crippen LogP contribution in [0.25, 0.3) is 0 Å². The van der Waals surface area contributed by atoms with Gasteiger partial charge in [0.05, 0.1) is 12.9 Å². The summed E-state index contributed by atoms with van der Waals surface area (Å²) in [6.07, 6.45) is 0. The standard InChI is InChI=1S/C13H13ClN2OS/c1-9-7-12(14)16-13(15-9)8-18-11-6-4-3-5-10(11)17-2/h3-7H,8H2,1-2H3. The Kier molecular flexibility index (Phi) is 4.44. The lowest BCUT2D eigenvalue weighted by atomic mass is 10.3. The number of nitrogens with zero attached hydrogens (tertiary/aromatic N) is 2. The predicted octanol–water partition coefficient (Wildman–Crippen LogP) is 3.74. The number of halogens is 1. The fourth-order valence-electron chi connectivity index (χ4n) is 1.53. The van der Waals surface area contributed by atoms with E-state index in [1.807, 2.05) is 31.2 Å². The zero-order valence-electron chi connectivity index (χ0n) is 10.2. The molecule has 2 aromatic rings. The molecule has 1 aromatic heterocycles. The van der Waals surface area contributed by atoms with E-state index in [1.54, 1.807) is 24.9 Å². The van der Waals surface area contributed by atoms with Crippen molar-refractivity contribution < 1.29 is 4.74 Å². The van der Waals surface area contributed by atoms with Crippen LogP contribution in [0.15, 0.2) is 35.2 Å². The third-order valence-electron chi connectivity index (χ3n) is 2.30. The number of rotatable bonds is 4. The molecule has 0 saturated carbocycles. The molecule has 0 fully saturated rings. The number of aromatic nitrogens is 2. The lowest BCUT2D eigenvalue weighted by Gasteiger charge is -2.07. The van der Waals surface area contributed by atoms with E-state index in [2.05, 4.69) is 9.97 Å². The molecule has 1 aromatic carbocycles. The summed E-state index contributed by atoms with van der Waals surface area (Å²) in [5, 5.41) is 0.484. The maximum Gasteiger partial charge on any atom is 0.140 e. The van der Waals surface area contributed by atoms with Gasteiger partial charge in [-0.15, -0.1) is 11.8 Å². The first-order valence-corrected chi connectivity index (χ1v) is 6.81. The van der Waals surface area contributed by atoms with Crippen molar-refractivity contribution >= 4 is 23.4 Å². The zero-order valence-corrected chi connectivity index (χ0v) is 11.8. The van der Waals surface area contributed by atoms with Gasteiger partial charge in [0.2, 0.25) is 0 Å². The third-order valence-corrected chi connectivity index (χ3v) is 3.54. The molecule has 0 aliphatic heterocycles. The summed E-state index contributed by atoms with van der Waals surface area (Å²) >= 11 is 7.54. The van der Waals surface area contributed by atoms with Crippen LogP contribution in [0.2, 0.25) is 5.15 Å². The molecule has 94 valence electrons. The minimum absolute atomic E-state index is 0.484. The van der Waals surface area contributed by atoms with Gasteiger partial charge in [-0.3, -0.25) is 0 Å². The van der Waals surface area contributed by atoms with E-state index >= 15 is 0 Å². The molecule has 0 aliphatic rings. The normalized spacial score (nSPS) is 10.4. The Bertz CT molecular complexity index is 528. The van der Waals surface area contributed by atoms with Crippen LogP contribution in [-0.4, -0.2) is 17.1 Å². The Morgan fingerprint density at radius 1 is 1.28 bits per heavy atom. The van der Waals surface area contributed by atoms with Crippen molar-refractivity contribution in [2.75, 3.05) is 7.11 Å². The molecule has 0 N–H and O–H groups in total. The maximum atomic E-state index is 5.91. The second-order valence-electron chi connectivity index (χ2n) is 3.69. The number of aryl methyl sites for hydroxylation is 1. The van der Waals surface area contributed by atoms with Crippen LogP contribution in [0.1, 0.15) is 11.5 Å². The highest BCUT2D eigenvalue weighted by molar-refractivity contribution is 7.98. The smallest absolute Gasteiger partial charge is 0.140 e. The molecule has 0 aliphatic carbocycles. The van der Waals surface area contributed by atoms with Crippen LogP contribution in [-0.2, 0) is 5.75 Å². The number of hydrogen-bond donors (Lipinski definition) is 0. The Labute approximate surface area is 116 Å². The van der Waals surface area contributed by atoms with Crippen LogP contribution < -0.4 is 4.74 Å². The summed E-state index contributed by atoms with van der Waals surface area (Å²) in [6.45, 7) is 1.91. The SMILES string of the molecule is COc1ccccc1SCc1nc(C)cc(Cl)n1. The molecule has 0 amide bonds. The molecule has 0 radical (unpaired) electrons. The molecule has 3 nitrogen and oxygen atoms in total. The van der Waals surface area contributed by atoms with E-state index in [9.17, 15) is 0 Å². The summed E-state index contributed by atoms with van der Waals surface area (Å²) < 4.78 is 5.29. The average molecular weight is 281 g/mol. The molecule has 0 atom stereocenters. The van der Waals surface area contributed by atoms with Crippen LogP contribution in [0.4, 0.5) is 0 Å². The van der Waals surface area contributed by atoms with Crippen molar-refractivity contribution in [3.8, 4) is 5.75 Å². The number of methoxy groups -OCH3 is 1. The summed E-state index contributed by atoms with van der Waals surface area (Å²) in [6, 6.07) is 9.63. The summed E-state index contributed by atoms with van der Waals surface area (Å²) in [7, 11) is 1.67. The van der Waals surface area contributed by atoms with E-state index in [-0.39, 0.29) is 0 Å². The fourth-order valence-corrected chi connectivity index (χ4v) is 2.67.